The van der Waals surface area contributed by atoms with Gasteiger partial charge in [-0.25, -0.2) is 17.6 Å². The lowest BCUT2D eigenvalue weighted by Gasteiger charge is -2.07. The molecular weight excluding hydrogens is 424 g/mol. The van der Waals surface area contributed by atoms with Gasteiger partial charge in [0.1, 0.15) is 23.3 Å². The van der Waals surface area contributed by atoms with Crippen LogP contribution >= 0.6 is 0 Å². The Bertz CT molecular complexity index is 1350. The van der Waals surface area contributed by atoms with Gasteiger partial charge in [-0.15, -0.1) is 0 Å². The van der Waals surface area contributed by atoms with Gasteiger partial charge in [0.2, 0.25) is 0 Å². The smallest absolute Gasteiger partial charge is 0.142 e. The zero-order valence-corrected chi connectivity index (χ0v) is 18.2. The molecule has 0 saturated heterocycles. The van der Waals surface area contributed by atoms with Crippen LogP contribution in [-0.4, -0.2) is 0 Å². The molecule has 4 aromatic rings. The van der Waals surface area contributed by atoms with Crippen molar-refractivity contribution in [1.82, 2.24) is 0 Å². The van der Waals surface area contributed by atoms with E-state index in [0.29, 0.717) is 29.5 Å². The van der Waals surface area contributed by atoms with E-state index in [1.165, 1.54) is 30.3 Å². The Morgan fingerprint density at radius 1 is 0.606 bits per heavy atom. The first-order chi connectivity index (χ1) is 15.9. The summed E-state index contributed by atoms with van der Waals surface area (Å²) in [5.74, 6) is 3.22. The lowest BCUT2D eigenvalue weighted by atomic mass is 10.00. The fourth-order valence-electron chi connectivity index (χ4n) is 3.84. The predicted octanol–water partition coefficient (Wildman–Crippen LogP) is 7.53. The SMILES string of the molecule is CCCc1ccc(CCc2cc(F)c(C#Cc3ccc4cc(F)ccc4c3)c(F)c2)c(F)c1. The van der Waals surface area contributed by atoms with E-state index in [2.05, 4.69) is 11.8 Å². The third kappa shape index (κ3) is 5.43. The molecular formula is C29H22F4. The molecule has 4 aromatic carbocycles. The molecule has 0 bridgehead atoms. The summed E-state index contributed by atoms with van der Waals surface area (Å²) in [6.45, 7) is 2.03. The van der Waals surface area contributed by atoms with E-state index in [-0.39, 0.29) is 17.2 Å². The van der Waals surface area contributed by atoms with E-state index in [4.69, 9.17) is 0 Å². The second-order valence-electron chi connectivity index (χ2n) is 8.07. The molecule has 0 fully saturated rings. The Kier molecular flexibility index (Phi) is 6.79. The van der Waals surface area contributed by atoms with E-state index in [1.807, 2.05) is 13.0 Å². The van der Waals surface area contributed by atoms with Crippen molar-refractivity contribution in [3.05, 3.63) is 118 Å². The zero-order chi connectivity index (χ0) is 23.4. The summed E-state index contributed by atoms with van der Waals surface area (Å²) in [6.07, 6.45) is 2.41. The van der Waals surface area contributed by atoms with Gasteiger partial charge in [0.05, 0.1) is 5.56 Å². The molecule has 0 aliphatic carbocycles. The Labute approximate surface area is 190 Å². The number of aryl methyl sites for hydroxylation is 3. The summed E-state index contributed by atoms with van der Waals surface area (Å²) < 4.78 is 56.8. The van der Waals surface area contributed by atoms with Gasteiger partial charge >= 0.3 is 0 Å². The largest absolute Gasteiger partial charge is 0.207 e. The third-order valence-electron chi connectivity index (χ3n) is 5.58. The average Bonchev–Trinajstić information content (AvgIpc) is 2.78. The summed E-state index contributed by atoms with van der Waals surface area (Å²) in [5.41, 5.74) is 2.17. The summed E-state index contributed by atoms with van der Waals surface area (Å²) in [4.78, 5) is 0. The van der Waals surface area contributed by atoms with Crippen LogP contribution in [0.4, 0.5) is 17.6 Å². The normalized spacial score (nSPS) is 10.8. The highest BCUT2D eigenvalue weighted by Crippen LogP contribution is 2.20. The second kappa shape index (κ2) is 9.92. The maximum atomic E-state index is 14.6. The Hall–Kier alpha value is -3.58. The molecule has 166 valence electrons. The van der Waals surface area contributed by atoms with Crippen LogP contribution in [0.5, 0.6) is 0 Å². The molecule has 0 aromatic heterocycles. The van der Waals surface area contributed by atoms with E-state index in [1.54, 1.807) is 30.3 Å². The molecule has 0 N–H and O–H groups in total. The predicted molar refractivity (Wildman–Crippen MR) is 124 cm³/mol. The first-order valence-electron chi connectivity index (χ1n) is 10.9. The van der Waals surface area contributed by atoms with Crippen LogP contribution in [0.1, 0.15) is 41.2 Å². The first-order valence-corrected chi connectivity index (χ1v) is 10.9. The highest BCUT2D eigenvalue weighted by molar-refractivity contribution is 5.84. The van der Waals surface area contributed by atoms with E-state index in [9.17, 15) is 17.6 Å². The zero-order valence-electron chi connectivity index (χ0n) is 18.2. The van der Waals surface area contributed by atoms with Crippen molar-refractivity contribution in [1.29, 1.82) is 0 Å². The van der Waals surface area contributed by atoms with Crippen LogP contribution in [0, 0.1) is 35.1 Å². The molecule has 0 spiro atoms. The number of benzene rings is 4. The minimum absolute atomic E-state index is 0.289. The number of hydrogen-bond donors (Lipinski definition) is 0. The van der Waals surface area contributed by atoms with Gasteiger partial charge in [-0.3, -0.25) is 0 Å². The van der Waals surface area contributed by atoms with Gasteiger partial charge in [-0.05, 0) is 89.2 Å². The Balaban J connectivity index is 1.51. The molecule has 0 atom stereocenters. The lowest BCUT2D eigenvalue weighted by molar-refractivity contribution is 0.572. The monoisotopic (exact) mass is 446 g/mol. The maximum Gasteiger partial charge on any atom is 0.142 e. The number of rotatable bonds is 5. The maximum absolute atomic E-state index is 14.6. The van der Waals surface area contributed by atoms with Gasteiger partial charge in [-0.1, -0.05) is 49.5 Å². The fraction of sp³-hybridized carbons (Fsp3) is 0.172. The molecule has 0 unspecified atom stereocenters. The van der Waals surface area contributed by atoms with Crippen LogP contribution < -0.4 is 0 Å². The second-order valence-corrected chi connectivity index (χ2v) is 8.07. The molecule has 4 rings (SSSR count). The van der Waals surface area contributed by atoms with Crippen molar-refractivity contribution in [3.63, 3.8) is 0 Å². The Morgan fingerprint density at radius 2 is 1.30 bits per heavy atom. The van der Waals surface area contributed by atoms with E-state index in [0.717, 1.165) is 29.2 Å². The van der Waals surface area contributed by atoms with Gasteiger partial charge < -0.3 is 0 Å². The molecule has 33 heavy (non-hydrogen) atoms. The van der Waals surface area contributed by atoms with Gasteiger partial charge in [-0.2, -0.15) is 0 Å². The highest BCUT2D eigenvalue weighted by Gasteiger charge is 2.11. The van der Waals surface area contributed by atoms with Crippen molar-refractivity contribution in [2.45, 2.75) is 32.6 Å². The van der Waals surface area contributed by atoms with Crippen molar-refractivity contribution in [2.75, 3.05) is 0 Å². The van der Waals surface area contributed by atoms with Crippen molar-refractivity contribution in [2.24, 2.45) is 0 Å². The van der Waals surface area contributed by atoms with Crippen LogP contribution in [0.2, 0.25) is 0 Å². The molecule has 4 heteroatoms. The van der Waals surface area contributed by atoms with Crippen LogP contribution in [-0.2, 0) is 19.3 Å². The van der Waals surface area contributed by atoms with Crippen LogP contribution in [0.15, 0.2) is 66.7 Å². The van der Waals surface area contributed by atoms with Crippen LogP contribution in [0.25, 0.3) is 10.8 Å². The number of halogens is 4. The number of fused-ring (bicyclic) bond motifs is 1. The standard InChI is InChI=1S/C29H22F4/c1-2-3-19-4-8-22(27(31)15-19)9-6-21-16-28(32)26(29(33)17-21)13-7-20-5-10-24-18-25(30)12-11-23(24)14-20/h4-5,8,10-12,14-18H,2-3,6,9H2,1H3. The molecule has 0 aliphatic heterocycles. The number of hydrogen-bond acceptors (Lipinski definition) is 0. The first kappa shape index (κ1) is 22.6. The third-order valence-corrected chi connectivity index (χ3v) is 5.58. The summed E-state index contributed by atoms with van der Waals surface area (Å²) in [6, 6.07) is 17.2. The van der Waals surface area contributed by atoms with Crippen LogP contribution in [0.3, 0.4) is 0 Å². The van der Waals surface area contributed by atoms with E-state index < -0.39 is 11.6 Å². The van der Waals surface area contributed by atoms with Gasteiger partial charge in [0.25, 0.3) is 0 Å². The van der Waals surface area contributed by atoms with Crippen molar-refractivity contribution < 1.29 is 17.6 Å². The summed E-state index contributed by atoms with van der Waals surface area (Å²) in [5, 5.41) is 1.51. The summed E-state index contributed by atoms with van der Waals surface area (Å²) in [7, 11) is 0. The Morgan fingerprint density at radius 3 is 2.03 bits per heavy atom. The molecule has 0 heterocycles. The van der Waals surface area contributed by atoms with Crippen molar-refractivity contribution in [3.8, 4) is 11.8 Å². The topological polar surface area (TPSA) is 0 Å². The quantitative estimate of drug-likeness (QED) is 0.220. The van der Waals surface area contributed by atoms with Crippen molar-refractivity contribution >= 4 is 10.8 Å². The lowest BCUT2D eigenvalue weighted by Crippen LogP contribution is -1.99. The average molecular weight is 446 g/mol. The van der Waals surface area contributed by atoms with Gasteiger partial charge in [0, 0.05) is 5.56 Å². The van der Waals surface area contributed by atoms with E-state index >= 15 is 0 Å². The summed E-state index contributed by atoms with van der Waals surface area (Å²) >= 11 is 0. The molecule has 0 aliphatic rings. The van der Waals surface area contributed by atoms with Gasteiger partial charge in [0.15, 0.2) is 0 Å². The molecule has 0 amide bonds. The minimum Gasteiger partial charge on any atom is -0.207 e. The molecule has 0 saturated carbocycles. The highest BCUT2D eigenvalue weighted by atomic mass is 19.1. The minimum atomic E-state index is -0.751. The molecule has 0 nitrogen and oxygen atoms in total. The molecule has 0 radical (unpaired) electrons. The fourth-order valence-corrected chi connectivity index (χ4v) is 3.84.